The maximum absolute atomic E-state index is 10.8. The van der Waals surface area contributed by atoms with E-state index in [0.717, 1.165) is 20.8 Å². The van der Waals surface area contributed by atoms with Crippen molar-refractivity contribution in [2.24, 2.45) is 5.92 Å². The fraction of sp³-hybridized carbons (Fsp3) is 0.318. The minimum atomic E-state index is -0.960. The molecular formula is C22H23BrN6O4. The van der Waals surface area contributed by atoms with Gasteiger partial charge in [-0.15, -0.1) is 0 Å². The molecule has 4 aromatic rings. The summed E-state index contributed by atoms with van der Waals surface area (Å²) in [5, 5.41) is 23.2. The standard InChI is InChI=1S/C22H23BrN6O4/c1-32-28-21-14-4-5-29(22(14)26-10-25-21)17-7-12(18(30)19(17)31)9-33-13-3-2-11-6-15(23)20(24)27-16(11)8-13/h2-6,8,10,12,17-19,30-31H,7,9H2,1H3,(H2,24,27)(H,25,26,28)/t12-,17-,18-,19+/m1/s1. The SMILES string of the molecule is CONc1ncnc2c1ccn2[C@@H]1C[C@H](COc2ccc3cc(Br)c(N)nc3c2)[C@@H](O)[C@H]1O. The third kappa shape index (κ3) is 3.97. The molecule has 0 amide bonds. The molecule has 1 aromatic carbocycles. The van der Waals surface area contributed by atoms with Gasteiger partial charge < -0.3 is 25.3 Å². The predicted octanol–water partition coefficient (Wildman–Crippen LogP) is 2.66. The van der Waals surface area contributed by atoms with Crippen LogP contribution in [0.2, 0.25) is 0 Å². The number of fused-ring (bicyclic) bond motifs is 2. The van der Waals surface area contributed by atoms with Crippen molar-refractivity contribution in [1.82, 2.24) is 19.5 Å². The maximum atomic E-state index is 10.8. The van der Waals surface area contributed by atoms with E-state index in [-0.39, 0.29) is 18.6 Å². The number of nitrogens with one attached hydrogen (secondary N) is 1. The molecule has 3 aromatic heterocycles. The summed E-state index contributed by atoms with van der Waals surface area (Å²) in [5.74, 6) is 1.30. The number of benzene rings is 1. The van der Waals surface area contributed by atoms with Crippen LogP contribution in [0.25, 0.3) is 21.9 Å². The van der Waals surface area contributed by atoms with Gasteiger partial charge in [-0.25, -0.2) is 20.4 Å². The third-order valence-corrected chi connectivity index (χ3v) is 6.71. The molecule has 0 spiro atoms. The van der Waals surface area contributed by atoms with Gasteiger partial charge in [-0.05, 0) is 46.6 Å². The van der Waals surface area contributed by atoms with Crippen molar-refractivity contribution in [3.05, 3.63) is 47.3 Å². The number of anilines is 2. The number of nitrogens with two attached hydrogens (primary N) is 1. The second-order valence-corrected chi connectivity index (χ2v) is 8.91. The number of aliphatic hydroxyl groups excluding tert-OH is 2. The fourth-order valence-electron chi connectivity index (χ4n) is 4.39. The van der Waals surface area contributed by atoms with Crippen molar-refractivity contribution in [3.63, 3.8) is 0 Å². The monoisotopic (exact) mass is 514 g/mol. The second kappa shape index (κ2) is 8.75. The lowest BCUT2D eigenvalue weighted by molar-refractivity contribution is -0.00141. The Morgan fingerprint density at radius 3 is 2.88 bits per heavy atom. The number of hydrogen-bond acceptors (Lipinski definition) is 9. The van der Waals surface area contributed by atoms with Gasteiger partial charge in [0.1, 0.15) is 29.6 Å². The zero-order chi connectivity index (χ0) is 23.1. The van der Waals surface area contributed by atoms with Gasteiger partial charge in [0.25, 0.3) is 0 Å². The zero-order valence-corrected chi connectivity index (χ0v) is 19.3. The molecule has 0 saturated heterocycles. The Balaban J connectivity index is 1.33. The first-order valence-corrected chi connectivity index (χ1v) is 11.2. The average molecular weight is 515 g/mol. The van der Waals surface area contributed by atoms with Crippen LogP contribution in [0.3, 0.4) is 0 Å². The molecule has 3 heterocycles. The molecule has 10 nitrogen and oxygen atoms in total. The Kier molecular flexibility index (Phi) is 5.79. The minimum Gasteiger partial charge on any atom is -0.493 e. The smallest absolute Gasteiger partial charge is 0.162 e. The highest BCUT2D eigenvalue weighted by Gasteiger charge is 2.43. The van der Waals surface area contributed by atoms with Crippen molar-refractivity contribution in [3.8, 4) is 5.75 Å². The topological polar surface area (TPSA) is 141 Å². The van der Waals surface area contributed by atoms with E-state index in [1.807, 2.05) is 41.1 Å². The van der Waals surface area contributed by atoms with Gasteiger partial charge in [0.05, 0.1) is 41.2 Å². The molecule has 1 aliphatic carbocycles. The predicted molar refractivity (Wildman–Crippen MR) is 127 cm³/mol. The first-order chi connectivity index (χ1) is 16.0. The Hall–Kier alpha value is -2.99. The normalized spacial score (nSPS) is 22.8. The maximum Gasteiger partial charge on any atom is 0.162 e. The number of aliphatic hydroxyl groups is 2. The van der Waals surface area contributed by atoms with Crippen LogP contribution in [-0.4, -0.2) is 55.7 Å². The van der Waals surface area contributed by atoms with E-state index in [4.69, 9.17) is 15.3 Å². The van der Waals surface area contributed by atoms with Crippen LogP contribution in [0.4, 0.5) is 11.6 Å². The van der Waals surface area contributed by atoms with Crippen LogP contribution < -0.4 is 16.0 Å². The Morgan fingerprint density at radius 2 is 2.06 bits per heavy atom. The summed E-state index contributed by atoms with van der Waals surface area (Å²) in [4.78, 5) is 17.9. The number of rotatable bonds is 6. The molecule has 33 heavy (non-hydrogen) atoms. The Morgan fingerprint density at radius 1 is 1.21 bits per heavy atom. The van der Waals surface area contributed by atoms with Gasteiger partial charge in [-0.2, -0.15) is 0 Å². The van der Waals surface area contributed by atoms with Crippen molar-refractivity contribution < 1.29 is 19.8 Å². The number of nitrogens with zero attached hydrogens (tertiary/aromatic N) is 4. The molecule has 1 saturated carbocycles. The van der Waals surface area contributed by atoms with E-state index >= 15 is 0 Å². The van der Waals surface area contributed by atoms with E-state index in [9.17, 15) is 10.2 Å². The summed E-state index contributed by atoms with van der Waals surface area (Å²) >= 11 is 3.38. The first kappa shape index (κ1) is 21.8. The number of ether oxygens (including phenoxy) is 1. The number of nitrogen functional groups attached to an aromatic ring is 1. The van der Waals surface area contributed by atoms with Crippen molar-refractivity contribution >= 4 is 49.5 Å². The summed E-state index contributed by atoms with van der Waals surface area (Å²) in [6.07, 6.45) is 1.89. The summed E-state index contributed by atoms with van der Waals surface area (Å²) in [5.41, 5.74) is 9.98. The summed E-state index contributed by atoms with van der Waals surface area (Å²) in [7, 11) is 1.51. The highest BCUT2D eigenvalue weighted by molar-refractivity contribution is 9.10. The lowest BCUT2D eigenvalue weighted by Crippen LogP contribution is -2.31. The molecule has 5 N–H and O–H groups in total. The quantitative estimate of drug-likeness (QED) is 0.285. The molecular weight excluding hydrogens is 492 g/mol. The van der Waals surface area contributed by atoms with Crippen LogP contribution >= 0.6 is 15.9 Å². The average Bonchev–Trinajstić information content (AvgIpc) is 3.35. The first-order valence-electron chi connectivity index (χ1n) is 10.4. The molecule has 11 heteroatoms. The highest BCUT2D eigenvalue weighted by atomic mass is 79.9. The Labute approximate surface area is 197 Å². The lowest BCUT2D eigenvalue weighted by atomic mass is 10.1. The van der Waals surface area contributed by atoms with E-state index < -0.39 is 12.2 Å². The van der Waals surface area contributed by atoms with E-state index in [2.05, 4.69) is 36.4 Å². The summed E-state index contributed by atoms with van der Waals surface area (Å²) < 4.78 is 8.57. The van der Waals surface area contributed by atoms with Gasteiger partial charge >= 0.3 is 0 Å². The van der Waals surface area contributed by atoms with Gasteiger partial charge in [-0.1, -0.05) is 0 Å². The fourth-order valence-corrected chi connectivity index (χ4v) is 4.72. The van der Waals surface area contributed by atoms with Gasteiger partial charge in [0.15, 0.2) is 5.82 Å². The molecule has 0 radical (unpaired) electrons. The second-order valence-electron chi connectivity index (χ2n) is 8.05. The van der Waals surface area contributed by atoms with Gasteiger partial charge in [-0.3, -0.25) is 4.84 Å². The molecule has 0 aliphatic heterocycles. The number of halogens is 1. The molecule has 5 rings (SSSR count). The van der Waals surface area contributed by atoms with Crippen LogP contribution in [-0.2, 0) is 4.84 Å². The molecule has 1 fully saturated rings. The summed E-state index contributed by atoms with van der Waals surface area (Å²) in [6, 6.07) is 8.97. The van der Waals surface area contributed by atoms with E-state index in [0.29, 0.717) is 29.5 Å². The number of pyridine rings is 1. The van der Waals surface area contributed by atoms with Gasteiger partial charge in [0.2, 0.25) is 0 Å². The van der Waals surface area contributed by atoms with E-state index in [1.54, 1.807) is 0 Å². The van der Waals surface area contributed by atoms with Gasteiger partial charge in [0, 0.05) is 23.6 Å². The minimum absolute atomic E-state index is 0.247. The molecule has 172 valence electrons. The third-order valence-electron chi connectivity index (χ3n) is 6.07. The van der Waals surface area contributed by atoms with Crippen LogP contribution in [0.5, 0.6) is 5.75 Å². The van der Waals surface area contributed by atoms with Crippen LogP contribution in [0.1, 0.15) is 12.5 Å². The van der Waals surface area contributed by atoms with Crippen molar-refractivity contribution in [2.75, 3.05) is 24.9 Å². The largest absolute Gasteiger partial charge is 0.493 e. The summed E-state index contributed by atoms with van der Waals surface area (Å²) in [6.45, 7) is 0.247. The van der Waals surface area contributed by atoms with Crippen LogP contribution in [0.15, 0.2) is 47.3 Å². The molecule has 0 unspecified atom stereocenters. The number of hydrogen-bond donors (Lipinski definition) is 4. The Bertz CT molecular complexity index is 1320. The molecule has 1 aliphatic rings. The molecule has 4 atom stereocenters. The number of aromatic nitrogens is 4. The highest BCUT2D eigenvalue weighted by Crippen LogP contribution is 2.38. The molecule has 0 bridgehead atoms. The zero-order valence-electron chi connectivity index (χ0n) is 17.7. The van der Waals surface area contributed by atoms with Crippen molar-refractivity contribution in [1.29, 1.82) is 0 Å². The van der Waals surface area contributed by atoms with Crippen LogP contribution in [0, 0.1) is 5.92 Å². The lowest BCUT2D eigenvalue weighted by Gasteiger charge is -2.19. The van der Waals surface area contributed by atoms with E-state index in [1.165, 1.54) is 13.4 Å². The van der Waals surface area contributed by atoms with Crippen molar-refractivity contribution in [2.45, 2.75) is 24.7 Å².